The van der Waals surface area contributed by atoms with Crippen LogP contribution >= 0.6 is 24.0 Å². The van der Waals surface area contributed by atoms with E-state index in [0.29, 0.717) is 11.7 Å². The van der Waals surface area contributed by atoms with Crippen molar-refractivity contribution in [3.05, 3.63) is 83.9 Å². The molecule has 0 fully saturated rings. The van der Waals surface area contributed by atoms with Gasteiger partial charge in [-0.3, -0.25) is 4.79 Å². The van der Waals surface area contributed by atoms with Gasteiger partial charge in [-0.15, -0.1) is 30.6 Å². The van der Waals surface area contributed by atoms with E-state index in [0.717, 1.165) is 32.1 Å². The number of Topliss-reactive ketones (excluding diaryl/α,β-unsaturated/α-hetero) is 1. The van der Waals surface area contributed by atoms with Crippen LogP contribution in [0.5, 0.6) is 0 Å². The first-order valence-electron chi connectivity index (χ1n) is 10.3. The Morgan fingerprint density at radius 1 is 1.04 bits per heavy atom. The molecule has 1 nitrogen and oxygen atoms in total. The van der Waals surface area contributed by atoms with Crippen LogP contribution in [0.4, 0.5) is 0 Å². The lowest BCUT2D eigenvalue weighted by Gasteiger charge is -2.17. The summed E-state index contributed by atoms with van der Waals surface area (Å²) in [6.07, 6.45) is 7.16. The van der Waals surface area contributed by atoms with Gasteiger partial charge in [0, 0.05) is 5.92 Å². The van der Waals surface area contributed by atoms with E-state index in [1.165, 1.54) is 16.7 Å². The number of aryl methyl sites for hydroxylation is 1. The molecule has 0 saturated heterocycles. The third kappa shape index (κ3) is 9.68. The molecule has 28 heavy (non-hydrogen) atoms. The highest BCUT2D eigenvalue weighted by atomic mass is 127. The number of hydrogen-bond acceptors (Lipinski definition) is 1. The third-order valence-electron chi connectivity index (χ3n) is 4.99. The Morgan fingerprint density at radius 2 is 1.54 bits per heavy atom. The second kappa shape index (κ2) is 15.5. The molecule has 0 amide bonds. The number of halogens is 1. The summed E-state index contributed by atoms with van der Waals surface area (Å²) in [6.45, 7) is 11.6. The van der Waals surface area contributed by atoms with Crippen LogP contribution < -0.4 is 0 Å². The summed E-state index contributed by atoms with van der Waals surface area (Å²) in [4.78, 5) is 11.7. The minimum absolute atomic E-state index is 0. The van der Waals surface area contributed by atoms with Crippen molar-refractivity contribution in [1.29, 1.82) is 0 Å². The van der Waals surface area contributed by atoms with Crippen LogP contribution in [0.15, 0.2) is 67.3 Å². The highest BCUT2D eigenvalue weighted by molar-refractivity contribution is 14.0. The van der Waals surface area contributed by atoms with Gasteiger partial charge in [0.1, 0.15) is 5.78 Å². The normalized spacial score (nSPS) is 12.9. The highest BCUT2D eigenvalue weighted by Crippen LogP contribution is 2.32. The molecule has 154 valence electrons. The average Bonchev–Trinajstić information content (AvgIpc) is 3.10. The Bertz CT molecular complexity index is 653. The van der Waals surface area contributed by atoms with Gasteiger partial charge in [0.2, 0.25) is 0 Å². The minimum atomic E-state index is 0. The third-order valence-corrected chi connectivity index (χ3v) is 4.99. The quantitative estimate of drug-likeness (QED) is 0.300. The second-order valence-electron chi connectivity index (χ2n) is 7.11. The summed E-state index contributed by atoms with van der Waals surface area (Å²) in [6, 6.07) is 18.9. The van der Waals surface area contributed by atoms with E-state index in [4.69, 9.17) is 0 Å². The average molecular weight is 492 g/mol. The number of hydrogen-bond donors (Lipinski definition) is 0. The van der Waals surface area contributed by atoms with Crippen LogP contribution in [0.25, 0.3) is 0 Å². The number of benzene rings is 2. The second-order valence-corrected chi connectivity index (χ2v) is 7.11. The Hall–Kier alpha value is -1.42. The van der Waals surface area contributed by atoms with Crippen molar-refractivity contribution in [3.63, 3.8) is 0 Å². The molecule has 0 bridgehead atoms. The standard InChI is InChI=1S/C17H22O.C7H8.C2H6.HI/c1-3-4-7-15(13(2)18)10-14-11-16-8-5-6-9-17(16)12-14;1-7-5-3-2-4-6-7;1-2;/h3,5-6,8-9,14-15H,1,4,7,10-12H2,2H3;2-6H,1H3;1-2H3;1H. The number of fused-ring (bicyclic) bond motifs is 1. The molecule has 1 aliphatic rings. The van der Waals surface area contributed by atoms with Gasteiger partial charge in [0.25, 0.3) is 0 Å². The van der Waals surface area contributed by atoms with Crippen molar-refractivity contribution in [2.45, 2.75) is 59.8 Å². The topological polar surface area (TPSA) is 17.1 Å². The molecule has 2 heteroatoms. The molecule has 1 atom stereocenters. The fourth-order valence-electron chi connectivity index (χ4n) is 3.56. The summed E-state index contributed by atoms with van der Waals surface area (Å²) >= 11 is 0. The first-order valence-corrected chi connectivity index (χ1v) is 10.3. The Morgan fingerprint density at radius 3 is 1.93 bits per heavy atom. The van der Waals surface area contributed by atoms with E-state index in [2.05, 4.69) is 49.9 Å². The molecule has 0 radical (unpaired) electrons. The first kappa shape index (κ1) is 26.6. The molecular formula is C26H37IO. The van der Waals surface area contributed by atoms with Crippen molar-refractivity contribution in [1.82, 2.24) is 0 Å². The SMILES string of the molecule is C=CCCC(CC1Cc2ccccc2C1)C(C)=O.CC.Cc1ccccc1.I. The Balaban J connectivity index is 0.000000613. The molecule has 0 spiro atoms. The van der Waals surface area contributed by atoms with Crippen LogP contribution in [-0.2, 0) is 17.6 Å². The van der Waals surface area contributed by atoms with Gasteiger partial charge < -0.3 is 0 Å². The fraction of sp³-hybridized carbons (Fsp3) is 0.423. The van der Waals surface area contributed by atoms with E-state index in [1.807, 2.05) is 38.1 Å². The number of allylic oxidation sites excluding steroid dienone is 1. The lowest BCUT2D eigenvalue weighted by atomic mass is 9.87. The monoisotopic (exact) mass is 492 g/mol. The van der Waals surface area contributed by atoms with Gasteiger partial charge >= 0.3 is 0 Å². The summed E-state index contributed by atoms with van der Waals surface area (Å²) in [5.41, 5.74) is 4.28. The fourth-order valence-corrected chi connectivity index (χ4v) is 3.56. The molecule has 3 rings (SSSR count). The van der Waals surface area contributed by atoms with Crippen molar-refractivity contribution < 1.29 is 4.79 Å². The smallest absolute Gasteiger partial charge is 0.132 e. The molecule has 2 aromatic rings. The molecule has 0 heterocycles. The predicted octanol–water partition coefficient (Wildman–Crippen LogP) is 7.60. The maximum absolute atomic E-state index is 11.7. The van der Waals surface area contributed by atoms with Crippen LogP contribution in [0.1, 0.15) is 56.7 Å². The molecule has 0 aromatic heterocycles. The maximum Gasteiger partial charge on any atom is 0.132 e. The molecular weight excluding hydrogens is 455 g/mol. The van der Waals surface area contributed by atoms with Crippen molar-refractivity contribution in [2.24, 2.45) is 11.8 Å². The van der Waals surface area contributed by atoms with E-state index >= 15 is 0 Å². The minimum Gasteiger partial charge on any atom is -0.300 e. The zero-order valence-corrected chi connectivity index (χ0v) is 20.3. The van der Waals surface area contributed by atoms with E-state index < -0.39 is 0 Å². The largest absolute Gasteiger partial charge is 0.300 e. The maximum atomic E-state index is 11.7. The summed E-state index contributed by atoms with van der Waals surface area (Å²) in [5.74, 6) is 1.22. The number of ketones is 1. The van der Waals surface area contributed by atoms with E-state index in [-0.39, 0.29) is 29.9 Å². The van der Waals surface area contributed by atoms with Gasteiger partial charge in [-0.25, -0.2) is 0 Å². The van der Waals surface area contributed by atoms with Crippen molar-refractivity contribution in [2.75, 3.05) is 0 Å². The number of carbonyl (C=O) groups excluding carboxylic acids is 1. The lowest BCUT2D eigenvalue weighted by Crippen LogP contribution is -2.16. The van der Waals surface area contributed by atoms with Crippen LogP contribution in [0.3, 0.4) is 0 Å². The van der Waals surface area contributed by atoms with E-state index in [1.54, 1.807) is 6.92 Å². The molecule has 0 N–H and O–H groups in total. The summed E-state index contributed by atoms with van der Waals surface area (Å²) in [5, 5.41) is 0. The molecule has 0 saturated carbocycles. The van der Waals surface area contributed by atoms with Crippen molar-refractivity contribution in [3.8, 4) is 0 Å². The van der Waals surface area contributed by atoms with Crippen LogP contribution in [-0.4, -0.2) is 5.78 Å². The Labute approximate surface area is 189 Å². The molecule has 1 aliphatic carbocycles. The predicted molar refractivity (Wildman–Crippen MR) is 134 cm³/mol. The van der Waals surface area contributed by atoms with Gasteiger partial charge in [-0.1, -0.05) is 80.1 Å². The zero-order chi connectivity index (χ0) is 20.1. The van der Waals surface area contributed by atoms with Gasteiger partial charge in [0.15, 0.2) is 0 Å². The lowest BCUT2D eigenvalue weighted by molar-refractivity contribution is -0.121. The highest BCUT2D eigenvalue weighted by Gasteiger charge is 2.25. The number of rotatable bonds is 6. The molecule has 0 aliphatic heterocycles. The molecule has 1 unspecified atom stereocenters. The summed E-state index contributed by atoms with van der Waals surface area (Å²) < 4.78 is 0. The first-order chi connectivity index (χ1) is 13.1. The summed E-state index contributed by atoms with van der Waals surface area (Å²) in [7, 11) is 0. The van der Waals surface area contributed by atoms with Crippen molar-refractivity contribution >= 4 is 29.8 Å². The Kier molecular flexibility index (Phi) is 14.7. The van der Waals surface area contributed by atoms with Crippen LogP contribution in [0.2, 0.25) is 0 Å². The van der Waals surface area contributed by atoms with E-state index in [9.17, 15) is 4.79 Å². The number of carbonyl (C=O) groups is 1. The van der Waals surface area contributed by atoms with Gasteiger partial charge in [-0.05, 0) is 63.0 Å². The van der Waals surface area contributed by atoms with Crippen LogP contribution in [0, 0.1) is 18.8 Å². The molecule has 2 aromatic carbocycles. The zero-order valence-electron chi connectivity index (χ0n) is 18.0. The van der Waals surface area contributed by atoms with Gasteiger partial charge in [0.05, 0.1) is 0 Å². The van der Waals surface area contributed by atoms with Gasteiger partial charge in [-0.2, -0.15) is 0 Å².